The number of carbonyl (C=O) groups excluding carboxylic acids is 3. The Labute approximate surface area is 193 Å². The van der Waals surface area contributed by atoms with Gasteiger partial charge in [-0.25, -0.2) is 0 Å². The normalized spacial score (nSPS) is 16.2. The number of amides is 2. The number of hydrogen-bond donors (Lipinski definition) is 1. The molecule has 0 aromatic heterocycles. The van der Waals surface area contributed by atoms with E-state index in [-0.39, 0.29) is 41.4 Å². The molecular weight excluding hydrogens is 424 g/mol. The fourth-order valence-electron chi connectivity index (χ4n) is 3.51. The molecule has 6 nitrogen and oxygen atoms in total. The molecule has 0 aliphatic carbocycles. The molecule has 0 radical (unpaired) electrons. The van der Waals surface area contributed by atoms with Crippen LogP contribution in [0.25, 0.3) is 0 Å². The molecule has 1 N–H and O–H groups in total. The molecule has 1 aliphatic heterocycles. The molecule has 1 unspecified atom stereocenters. The predicted octanol–water partition coefficient (Wildman–Crippen LogP) is 5.04. The van der Waals surface area contributed by atoms with E-state index in [1.807, 2.05) is 35.2 Å². The smallest absolute Gasteiger partial charge is 0.306 e. The zero-order valence-electron chi connectivity index (χ0n) is 19.0. The third kappa shape index (κ3) is 5.91. The maximum absolute atomic E-state index is 12.7. The van der Waals surface area contributed by atoms with Crippen molar-refractivity contribution in [1.82, 2.24) is 0 Å². The minimum atomic E-state index is -0.384. The molecule has 170 valence electrons. The van der Waals surface area contributed by atoms with E-state index in [0.29, 0.717) is 18.0 Å². The molecule has 1 heterocycles. The second-order valence-corrected chi connectivity index (χ2v) is 9.77. The van der Waals surface area contributed by atoms with Crippen molar-refractivity contribution in [3.63, 3.8) is 0 Å². The fraction of sp³-hybridized carbons (Fsp3) is 0.400. The van der Waals surface area contributed by atoms with E-state index in [1.165, 1.54) is 5.56 Å². The third-order valence-corrected chi connectivity index (χ3v) is 6.41. The first-order valence-corrected chi connectivity index (χ1v) is 11.8. The van der Waals surface area contributed by atoms with Crippen molar-refractivity contribution in [3.8, 4) is 0 Å². The molecule has 2 aromatic carbocycles. The zero-order valence-corrected chi connectivity index (χ0v) is 19.8. The molecule has 7 heteroatoms. The van der Waals surface area contributed by atoms with Crippen LogP contribution < -0.4 is 10.2 Å². The molecule has 1 aliphatic rings. The van der Waals surface area contributed by atoms with Gasteiger partial charge in [-0.15, -0.1) is 11.8 Å². The van der Waals surface area contributed by atoms with Gasteiger partial charge >= 0.3 is 5.97 Å². The zero-order chi connectivity index (χ0) is 23.3. The predicted molar refractivity (Wildman–Crippen MR) is 129 cm³/mol. The van der Waals surface area contributed by atoms with Crippen LogP contribution in [0.4, 0.5) is 11.4 Å². The largest absolute Gasteiger partial charge is 0.466 e. The highest BCUT2D eigenvalue weighted by molar-refractivity contribution is 8.00. The number of thioether (sulfide) groups is 1. The molecule has 32 heavy (non-hydrogen) atoms. The Kier molecular flexibility index (Phi) is 7.61. The van der Waals surface area contributed by atoms with Crippen LogP contribution in [0.5, 0.6) is 0 Å². The van der Waals surface area contributed by atoms with Crippen molar-refractivity contribution < 1.29 is 19.1 Å². The van der Waals surface area contributed by atoms with E-state index >= 15 is 0 Å². The number of nitrogens with one attached hydrogen (secondary N) is 1. The third-order valence-electron chi connectivity index (χ3n) is 5.20. The maximum atomic E-state index is 12.7. The number of anilines is 2. The molecular formula is C25H30N2O4S. The Bertz CT molecular complexity index is 982. The van der Waals surface area contributed by atoms with Gasteiger partial charge in [0, 0.05) is 17.8 Å². The van der Waals surface area contributed by atoms with E-state index in [1.54, 1.807) is 24.8 Å². The molecule has 1 saturated heterocycles. The molecule has 2 aromatic rings. The lowest BCUT2D eigenvalue weighted by molar-refractivity contribution is -0.144. The van der Waals surface area contributed by atoms with Crippen LogP contribution in [0, 0.1) is 0 Å². The van der Waals surface area contributed by atoms with E-state index in [9.17, 15) is 14.4 Å². The van der Waals surface area contributed by atoms with Gasteiger partial charge in [0.1, 0.15) is 5.37 Å². The van der Waals surface area contributed by atoms with Crippen molar-refractivity contribution >= 4 is 40.9 Å². The quantitative estimate of drug-likeness (QED) is 0.593. The summed E-state index contributed by atoms with van der Waals surface area (Å²) in [6.45, 7) is 8.52. The van der Waals surface area contributed by atoms with Gasteiger partial charge in [0.2, 0.25) is 11.8 Å². The molecule has 0 spiro atoms. The van der Waals surface area contributed by atoms with Gasteiger partial charge in [-0.1, -0.05) is 45.0 Å². The summed E-state index contributed by atoms with van der Waals surface area (Å²) >= 11 is 1.57. The van der Waals surface area contributed by atoms with Crippen LogP contribution in [-0.2, 0) is 24.5 Å². The van der Waals surface area contributed by atoms with Crippen molar-refractivity contribution in [1.29, 1.82) is 0 Å². The summed E-state index contributed by atoms with van der Waals surface area (Å²) in [5.74, 6) is -0.167. The molecule has 0 bridgehead atoms. The van der Waals surface area contributed by atoms with Gasteiger partial charge in [0.05, 0.1) is 18.8 Å². The van der Waals surface area contributed by atoms with E-state index in [0.717, 1.165) is 11.3 Å². The Balaban J connectivity index is 1.73. The van der Waals surface area contributed by atoms with E-state index in [2.05, 4.69) is 38.2 Å². The summed E-state index contributed by atoms with van der Waals surface area (Å²) in [6, 6.07) is 15.6. The van der Waals surface area contributed by atoms with E-state index < -0.39 is 0 Å². The van der Waals surface area contributed by atoms with Crippen LogP contribution in [0.1, 0.15) is 57.0 Å². The first kappa shape index (κ1) is 23.9. The van der Waals surface area contributed by atoms with Crippen LogP contribution in [0.3, 0.4) is 0 Å². The van der Waals surface area contributed by atoms with Crippen LogP contribution >= 0.6 is 11.8 Å². The lowest BCUT2D eigenvalue weighted by atomic mass is 9.87. The maximum Gasteiger partial charge on any atom is 0.306 e. The lowest BCUT2D eigenvalue weighted by Gasteiger charge is -2.26. The topological polar surface area (TPSA) is 75.7 Å². The first-order valence-electron chi connectivity index (χ1n) is 10.8. The van der Waals surface area contributed by atoms with Crippen LogP contribution in [0.2, 0.25) is 0 Å². The molecule has 1 atom stereocenters. The minimum Gasteiger partial charge on any atom is -0.466 e. The Morgan fingerprint density at radius 2 is 1.84 bits per heavy atom. The summed E-state index contributed by atoms with van der Waals surface area (Å²) in [7, 11) is 0. The highest BCUT2D eigenvalue weighted by atomic mass is 32.2. The van der Waals surface area contributed by atoms with E-state index in [4.69, 9.17) is 4.74 Å². The molecule has 3 rings (SSSR count). The highest BCUT2D eigenvalue weighted by Crippen LogP contribution is 2.42. The molecule has 2 amide bonds. The SMILES string of the molecule is CCOC(=O)CCC(=O)Nc1cccc(C2SCC(=O)N2c2ccc(C(C)(C)C)cc2)c1. The summed E-state index contributed by atoms with van der Waals surface area (Å²) in [6.07, 6.45) is 0.108. The number of hydrogen-bond acceptors (Lipinski definition) is 5. The number of nitrogens with zero attached hydrogens (tertiary/aromatic N) is 1. The van der Waals surface area contributed by atoms with Crippen LogP contribution in [0.15, 0.2) is 48.5 Å². The molecule has 0 saturated carbocycles. The number of esters is 1. The number of carbonyl (C=O) groups is 3. The van der Waals surface area contributed by atoms with Gasteiger partial charge in [0.15, 0.2) is 0 Å². The second-order valence-electron chi connectivity index (χ2n) is 8.70. The molecule has 1 fully saturated rings. The van der Waals surface area contributed by atoms with Gasteiger partial charge in [-0.05, 0) is 47.7 Å². The van der Waals surface area contributed by atoms with Gasteiger partial charge in [-0.2, -0.15) is 0 Å². The van der Waals surface area contributed by atoms with Gasteiger partial charge < -0.3 is 10.1 Å². The lowest BCUT2D eigenvalue weighted by Crippen LogP contribution is -2.28. The highest BCUT2D eigenvalue weighted by Gasteiger charge is 2.34. The minimum absolute atomic E-state index is 0.0432. The van der Waals surface area contributed by atoms with Crippen LogP contribution in [-0.4, -0.2) is 30.1 Å². The van der Waals surface area contributed by atoms with Crippen molar-refractivity contribution in [2.75, 3.05) is 22.6 Å². The second kappa shape index (κ2) is 10.2. The number of ether oxygens (including phenoxy) is 1. The standard InChI is InChI=1S/C25H30N2O4S/c1-5-31-23(30)14-13-21(28)26-19-8-6-7-17(15-19)24-27(22(29)16-32-24)20-11-9-18(10-12-20)25(2,3)4/h6-12,15,24H,5,13-14,16H2,1-4H3,(H,26,28). The summed E-state index contributed by atoms with van der Waals surface area (Å²) in [4.78, 5) is 38.2. The average molecular weight is 455 g/mol. The fourth-order valence-corrected chi connectivity index (χ4v) is 4.68. The van der Waals surface area contributed by atoms with Gasteiger partial charge in [-0.3, -0.25) is 19.3 Å². The summed E-state index contributed by atoms with van der Waals surface area (Å²) in [5, 5.41) is 2.67. The Morgan fingerprint density at radius 3 is 2.50 bits per heavy atom. The summed E-state index contributed by atoms with van der Waals surface area (Å²) in [5.41, 5.74) is 3.69. The van der Waals surface area contributed by atoms with Crippen molar-refractivity contribution in [2.45, 2.75) is 51.3 Å². The summed E-state index contributed by atoms with van der Waals surface area (Å²) < 4.78 is 4.86. The first-order chi connectivity index (χ1) is 15.2. The monoisotopic (exact) mass is 454 g/mol. The Hall–Kier alpha value is -2.80. The Morgan fingerprint density at radius 1 is 1.12 bits per heavy atom. The van der Waals surface area contributed by atoms with Gasteiger partial charge in [0.25, 0.3) is 0 Å². The van der Waals surface area contributed by atoms with Crippen molar-refractivity contribution in [2.24, 2.45) is 0 Å². The average Bonchev–Trinajstić information content (AvgIpc) is 3.13. The van der Waals surface area contributed by atoms with Crippen molar-refractivity contribution in [3.05, 3.63) is 59.7 Å². The number of benzene rings is 2. The number of rotatable bonds is 7.